The third-order valence-corrected chi connectivity index (χ3v) is 4.82. The molecule has 1 heterocycles. The maximum Gasteiger partial charge on any atom is 0.0539 e. The molecule has 0 bridgehead atoms. The molecule has 124 valence electrons. The largest absolute Gasteiger partial charge is 0.378 e. The van der Waals surface area contributed by atoms with E-state index < -0.39 is 0 Å². The van der Waals surface area contributed by atoms with Gasteiger partial charge in [0.05, 0.1) is 6.04 Å². The van der Waals surface area contributed by atoms with Gasteiger partial charge in [-0.2, -0.15) is 0 Å². The molecule has 3 rings (SSSR count). The first-order valence-corrected chi connectivity index (χ1v) is 8.47. The van der Waals surface area contributed by atoms with Crippen molar-refractivity contribution in [2.75, 3.05) is 24.3 Å². The minimum atomic E-state index is 0.105. The molecule has 2 heteroatoms. The average Bonchev–Trinajstić information content (AvgIpc) is 2.83. The number of rotatable bonds is 4. The van der Waals surface area contributed by atoms with Gasteiger partial charge in [-0.05, 0) is 29.3 Å². The lowest BCUT2D eigenvalue weighted by atomic mass is 9.80. The van der Waals surface area contributed by atoms with Crippen molar-refractivity contribution in [1.82, 2.24) is 0 Å². The van der Waals surface area contributed by atoms with Gasteiger partial charge in [0.2, 0.25) is 0 Å². The smallest absolute Gasteiger partial charge is 0.0539 e. The number of allylic oxidation sites excluding steroid dienone is 2. The second-order valence-electron chi connectivity index (χ2n) is 7.12. The van der Waals surface area contributed by atoms with Crippen LogP contribution in [0.2, 0.25) is 0 Å². The number of benzene rings is 2. The van der Waals surface area contributed by atoms with Crippen LogP contribution in [0.25, 0.3) is 6.08 Å². The van der Waals surface area contributed by atoms with Crippen molar-refractivity contribution in [3.63, 3.8) is 0 Å². The van der Waals surface area contributed by atoms with E-state index in [0.29, 0.717) is 6.04 Å². The Morgan fingerprint density at radius 3 is 2.33 bits per heavy atom. The van der Waals surface area contributed by atoms with Crippen molar-refractivity contribution >= 4 is 17.5 Å². The molecule has 0 radical (unpaired) electrons. The summed E-state index contributed by atoms with van der Waals surface area (Å²) in [5, 5.41) is 3.62. The molecule has 2 nitrogen and oxygen atoms in total. The highest BCUT2D eigenvalue weighted by Crippen LogP contribution is 2.40. The van der Waals surface area contributed by atoms with E-state index in [-0.39, 0.29) is 5.41 Å². The van der Waals surface area contributed by atoms with Crippen LogP contribution in [0.3, 0.4) is 0 Å². The van der Waals surface area contributed by atoms with Gasteiger partial charge in [0.25, 0.3) is 0 Å². The van der Waals surface area contributed by atoms with Crippen LogP contribution in [0, 0.1) is 0 Å². The Hall–Kier alpha value is -2.48. The molecule has 1 aliphatic rings. The molecule has 24 heavy (non-hydrogen) atoms. The number of nitrogens with one attached hydrogen (secondary N) is 1. The number of hydrogen-bond acceptors (Lipinski definition) is 2. The van der Waals surface area contributed by atoms with Gasteiger partial charge in [-0.15, -0.1) is 0 Å². The first-order valence-electron chi connectivity index (χ1n) is 8.47. The van der Waals surface area contributed by atoms with E-state index in [1.807, 2.05) is 0 Å². The van der Waals surface area contributed by atoms with Crippen LogP contribution in [0.1, 0.15) is 25.0 Å². The van der Waals surface area contributed by atoms with E-state index >= 15 is 0 Å². The van der Waals surface area contributed by atoms with Crippen LogP contribution in [-0.4, -0.2) is 20.1 Å². The molecule has 0 saturated carbocycles. The topological polar surface area (TPSA) is 15.3 Å². The minimum absolute atomic E-state index is 0.105. The van der Waals surface area contributed by atoms with Gasteiger partial charge in [0.15, 0.2) is 0 Å². The lowest BCUT2D eigenvalue weighted by Crippen LogP contribution is -2.31. The van der Waals surface area contributed by atoms with Crippen LogP contribution < -0.4 is 10.2 Å². The van der Waals surface area contributed by atoms with Crippen molar-refractivity contribution in [2.45, 2.75) is 25.3 Å². The summed E-state index contributed by atoms with van der Waals surface area (Å²) in [6.07, 6.45) is 8.66. The van der Waals surface area contributed by atoms with Gasteiger partial charge in [-0.1, -0.05) is 68.5 Å². The Labute approximate surface area is 145 Å². The zero-order chi connectivity index (χ0) is 17.2. The van der Waals surface area contributed by atoms with Crippen LogP contribution in [0.5, 0.6) is 0 Å². The first-order chi connectivity index (χ1) is 11.5. The van der Waals surface area contributed by atoms with Gasteiger partial charge in [0, 0.05) is 30.9 Å². The average molecular weight is 318 g/mol. The molecule has 2 aromatic rings. The fraction of sp³-hybridized carbons (Fsp3) is 0.273. The maximum atomic E-state index is 3.62. The maximum absolute atomic E-state index is 3.62. The summed E-state index contributed by atoms with van der Waals surface area (Å²) in [6, 6.07) is 17.5. The zero-order valence-corrected chi connectivity index (χ0v) is 15.0. The highest BCUT2D eigenvalue weighted by atomic mass is 15.1. The van der Waals surface area contributed by atoms with Crippen molar-refractivity contribution in [1.29, 1.82) is 0 Å². The number of hydrogen-bond donors (Lipinski definition) is 1. The van der Waals surface area contributed by atoms with Gasteiger partial charge >= 0.3 is 0 Å². The number of para-hydroxylation sites is 1. The predicted molar refractivity (Wildman–Crippen MR) is 106 cm³/mol. The Morgan fingerprint density at radius 1 is 0.958 bits per heavy atom. The van der Waals surface area contributed by atoms with Crippen LogP contribution in [0.15, 0.2) is 66.8 Å². The molecule has 1 aliphatic heterocycles. The zero-order valence-electron chi connectivity index (χ0n) is 15.0. The molecule has 1 atom stereocenters. The van der Waals surface area contributed by atoms with E-state index in [2.05, 4.69) is 111 Å². The summed E-state index contributed by atoms with van der Waals surface area (Å²) < 4.78 is 0. The molecule has 0 fully saturated rings. The number of anilines is 2. The molecule has 2 aromatic carbocycles. The Kier molecular flexibility index (Phi) is 4.48. The van der Waals surface area contributed by atoms with Crippen molar-refractivity contribution in [3.8, 4) is 0 Å². The number of nitrogens with zero attached hydrogens (tertiary/aromatic N) is 1. The number of fused-ring (bicyclic) bond motifs is 1. The van der Waals surface area contributed by atoms with Crippen molar-refractivity contribution in [3.05, 3.63) is 77.9 Å². The van der Waals surface area contributed by atoms with E-state index in [1.165, 1.54) is 22.5 Å². The molecule has 0 aliphatic carbocycles. The molecule has 0 aromatic heterocycles. The van der Waals surface area contributed by atoms with E-state index in [9.17, 15) is 0 Å². The lowest BCUT2D eigenvalue weighted by molar-refractivity contribution is 0.518. The normalized spacial score (nSPS) is 18.8. The molecule has 1 N–H and O–H groups in total. The Morgan fingerprint density at radius 2 is 1.67 bits per heavy atom. The van der Waals surface area contributed by atoms with Gasteiger partial charge in [0.1, 0.15) is 0 Å². The molecular weight excluding hydrogens is 292 g/mol. The van der Waals surface area contributed by atoms with Crippen molar-refractivity contribution < 1.29 is 0 Å². The fourth-order valence-electron chi connectivity index (χ4n) is 3.20. The van der Waals surface area contributed by atoms with Gasteiger partial charge < -0.3 is 10.2 Å². The Bertz CT molecular complexity index is 752. The van der Waals surface area contributed by atoms with Crippen LogP contribution >= 0.6 is 0 Å². The molecule has 1 unspecified atom stereocenters. The third kappa shape index (κ3) is 3.23. The molecular formula is C22H26N2. The third-order valence-electron chi connectivity index (χ3n) is 4.82. The van der Waals surface area contributed by atoms with Gasteiger partial charge in [-0.25, -0.2) is 0 Å². The predicted octanol–water partition coefficient (Wildman–Crippen LogP) is 5.09. The summed E-state index contributed by atoms with van der Waals surface area (Å²) in [7, 11) is 4.11. The second-order valence-corrected chi connectivity index (χ2v) is 7.12. The fourth-order valence-corrected chi connectivity index (χ4v) is 3.20. The SMILES string of the molecule is CN(C)c1ccc(C=CC=CC2Nc3ccccc3C2(C)C)cc1. The van der Waals surface area contributed by atoms with Gasteiger partial charge in [-0.3, -0.25) is 0 Å². The lowest BCUT2D eigenvalue weighted by Gasteiger charge is -2.24. The summed E-state index contributed by atoms with van der Waals surface area (Å²) >= 11 is 0. The quantitative estimate of drug-likeness (QED) is 0.790. The second kappa shape index (κ2) is 6.56. The summed E-state index contributed by atoms with van der Waals surface area (Å²) in [5.74, 6) is 0. The highest BCUT2D eigenvalue weighted by molar-refractivity contribution is 5.63. The molecule has 0 amide bonds. The highest BCUT2D eigenvalue weighted by Gasteiger charge is 2.37. The monoisotopic (exact) mass is 318 g/mol. The minimum Gasteiger partial charge on any atom is -0.378 e. The van der Waals surface area contributed by atoms with E-state index in [1.54, 1.807) is 0 Å². The summed E-state index contributed by atoms with van der Waals surface area (Å²) in [5.41, 5.74) is 5.18. The molecule has 0 saturated heterocycles. The standard InChI is InChI=1S/C22H26N2/c1-22(2)19-10-6-7-11-20(19)23-21(22)12-8-5-9-17-13-15-18(16-14-17)24(3)4/h5-16,21,23H,1-4H3. The van der Waals surface area contributed by atoms with E-state index in [4.69, 9.17) is 0 Å². The van der Waals surface area contributed by atoms with Crippen molar-refractivity contribution in [2.24, 2.45) is 0 Å². The van der Waals surface area contributed by atoms with E-state index in [0.717, 1.165) is 0 Å². The summed E-state index contributed by atoms with van der Waals surface area (Å²) in [6.45, 7) is 4.59. The van der Waals surface area contributed by atoms with Crippen LogP contribution in [0.4, 0.5) is 11.4 Å². The summed E-state index contributed by atoms with van der Waals surface area (Å²) in [4.78, 5) is 2.11. The van der Waals surface area contributed by atoms with Crippen LogP contribution in [-0.2, 0) is 5.41 Å². The first kappa shape index (κ1) is 16.4. The molecule has 0 spiro atoms. The Balaban J connectivity index is 1.67.